The van der Waals surface area contributed by atoms with E-state index < -0.39 is 0 Å². The third-order valence-corrected chi connectivity index (χ3v) is 4.96. The van der Waals surface area contributed by atoms with Crippen LogP contribution in [0.5, 0.6) is 5.75 Å². The van der Waals surface area contributed by atoms with Gasteiger partial charge in [0.1, 0.15) is 5.75 Å². The number of hydrogen-bond acceptors (Lipinski definition) is 3. The molecule has 3 N–H and O–H groups in total. The van der Waals surface area contributed by atoms with E-state index in [4.69, 9.17) is 10.5 Å². The molecular weight excluding hydrogens is 250 g/mol. The van der Waals surface area contributed by atoms with Gasteiger partial charge in [0.05, 0.1) is 13.2 Å². The number of aliphatic hydroxyl groups is 1. The second-order valence-corrected chi connectivity index (χ2v) is 6.53. The van der Waals surface area contributed by atoms with Crippen LogP contribution in [0.4, 0.5) is 0 Å². The van der Waals surface area contributed by atoms with E-state index in [1.54, 1.807) is 7.11 Å². The van der Waals surface area contributed by atoms with E-state index in [1.807, 2.05) is 24.3 Å². The van der Waals surface area contributed by atoms with Gasteiger partial charge >= 0.3 is 0 Å². The summed E-state index contributed by atoms with van der Waals surface area (Å²) in [6.07, 6.45) is 4.08. The van der Waals surface area contributed by atoms with Crippen molar-refractivity contribution in [2.24, 2.45) is 17.1 Å². The lowest BCUT2D eigenvalue weighted by atomic mass is 9.64. The minimum atomic E-state index is -0.219. The number of rotatable bonds is 4. The molecule has 2 rings (SSSR count). The lowest BCUT2D eigenvalue weighted by Gasteiger charge is -2.44. The van der Waals surface area contributed by atoms with Crippen LogP contribution in [-0.4, -0.2) is 18.3 Å². The number of ether oxygens (including phenoxy) is 1. The molecular formula is C17H27NO2. The lowest BCUT2D eigenvalue weighted by molar-refractivity contribution is -0.00936. The normalized spacial score (nSPS) is 25.2. The summed E-state index contributed by atoms with van der Waals surface area (Å²) in [7, 11) is 1.66. The Morgan fingerprint density at radius 1 is 1.20 bits per heavy atom. The summed E-state index contributed by atoms with van der Waals surface area (Å²) in [4.78, 5) is 0. The van der Waals surface area contributed by atoms with E-state index in [-0.39, 0.29) is 23.5 Å². The van der Waals surface area contributed by atoms with Gasteiger partial charge in [-0.3, -0.25) is 0 Å². The van der Waals surface area contributed by atoms with Crippen LogP contribution in [0.3, 0.4) is 0 Å². The summed E-state index contributed by atoms with van der Waals surface area (Å²) >= 11 is 0. The molecule has 20 heavy (non-hydrogen) atoms. The highest BCUT2D eigenvalue weighted by Crippen LogP contribution is 2.45. The standard InChI is InChI=1S/C17H27NO2/c1-17(2,14-6-4-5-7-15(14)19)16(18)12-8-10-13(20-3)11-9-12/h8-11,14-16,19H,4-7,18H2,1-3H3. The first-order valence-electron chi connectivity index (χ1n) is 7.54. The molecule has 1 aromatic carbocycles. The average Bonchev–Trinajstić information content (AvgIpc) is 2.47. The van der Waals surface area contributed by atoms with Gasteiger partial charge in [-0.15, -0.1) is 0 Å². The zero-order valence-corrected chi connectivity index (χ0v) is 12.8. The highest BCUT2D eigenvalue weighted by Gasteiger charge is 2.40. The van der Waals surface area contributed by atoms with E-state index in [2.05, 4.69) is 13.8 Å². The molecule has 3 heteroatoms. The van der Waals surface area contributed by atoms with Crippen molar-refractivity contribution in [1.82, 2.24) is 0 Å². The second kappa shape index (κ2) is 6.15. The van der Waals surface area contributed by atoms with Gasteiger partial charge in [-0.2, -0.15) is 0 Å². The molecule has 0 aliphatic heterocycles. The van der Waals surface area contributed by atoms with E-state index in [0.717, 1.165) is 30.6 Å². The fraction of sp³-hybridized carbons (Fsp3) is 0.647. The SMILES string of the molecule is COc1ccc(C(N)C(C)(C)C2CCCCC2O)cc1. The van der Waals surface area contributed by atoms with Crippen molar-refractivity contribution < 1.29 is 9.84 Å². The predicted molar refractivity (Wildman–Crippen MR) is 81.7 cm³/mol. The first-order chi connectivity index (χ1) is 9.46. The zero-order valence-electron chi connectivity index (χ0n) is 12.8. The van der Waals surface area contributed by atoms with Crippen LogP contribution in [-0.2, 0) is 0 Å². The van der Waals surface area contributed by atoms with Crippen molar-refractivity contribution in [1.29, 1.82) is 0 Å². The van der Waals surface area contributed by atoms with Gasteiger partial charge in [0, 0.05) is 6.04 Å². The molecule has 0 aromatic heterocycles. The van der Waals surface area contributed by atoms with Crippen molar-refractivity contribution in [2.75, 3.05) is 7.11 Å². The summed E-state index contributed by atoms with van der Waals surface area (Å²) in [5.41, 5.74) is 7.49. The molecule has 0 amide bonds. The van der Waals surface area contributed by atoms with Crippen LogP contribution in [0.1, 0.15) is 51.1 Å². The maximum atomic E-state index is 10.3. The third-order valence-electron chi connectivity index (χ3n) is 4.96. The molecule has 3 atom stereocenters. The van der Waals surface area contributed by atoms with Crippen LogP contribution in [0, 0.1) is 11.3 Å². The van der Waals surface area contributed by atoms with Crippen LogP contribution in [0.15, 0.2) is 24.3 Å². The topological polar surface area (TPSA) is 55.5 Å². The largest absolute Gasteiger partial charge is 0.497 e. The second-order valence-electron chi connectivity index (χ2n) is 6.53. The molecule has 0 spiro atoms. The Morgan fingerprint density at radius 3 is 2.35 bits per heavy atom. The predicted octanol–water partition coefficient (Wildman–Crippen LogP) is 3.27. The molecule has 1 aliphatic rings. The van der Waals surface area contributed by atoms with Gasteiger partial charge in [0.2, 0.25) is 0 Å². The first kappa shape index (κ1) is 15.3. The quantitative estimate of drug-likeness (QED) is 0.888. The van der Waals surface area contributed by atoms with Crippen LogP contribution in [0.2, 0.25) is 0 Å². The third kappa shape index (κ3) is 2.99. The molecule has 3 unspecified atom stereocenters. The van der Waals surface area contributed by atoms with Crippen molar-refractivity contribution in [3.8, 4) is 5.75 Å². The van der Waals surface area contributed by atoms with Gasteiger partial charge in [0.15, 0.2) is 0 Å². The average molecular weight is 277 g/mol. The molecule has 0 heterocycles. The van der Waals surface area contributed by atoms with Crippen LogP contribution < -0.4 is 10.5 Å². The number of nitrogens with two attached hydrogens (primary N) is 1. The van der Waals surface area contributed by atoms with E-state index in [9.17, 15) is 5.11 Å². The maximum absolute atomic E-state index is 10.3. The Balaban J connectivity index is 2.18. The molecule has 0 saturated heterocycles. The highest BCUT2D eigenvalue weighted by atomic mass is 16.5. The number of aliphatic hydroxyl groups excluding tert-OH is 1. The molecule has 1 fully saturated rings. The Hall–Kier alpha value is -1.06. The summed E-state index contributed by atoms with van der Waals surface area (Å²) < 4.78 is 5.19. The molecule has 0 bridgehead atoms. The van der Waals surface area contributed by atoms with Crippen molar-refractivity contribution in [3.05, 3.63) is 29.8 Å². The molecule has 1 aromatic rings. The van der Waals surface area contributed by atoms with E-state index in [1.165, 1.54) is 6.42 Å². The minimum Gasteiger partial charge on any atom is -0.497 e. The maximum Gasteiger partial charge on any atom is 0.118 e. The first-order valence-corrected chi connectivity index (χ1v) is 7.54. The summed E-state index contributed by atoms with van der Waals surface area (Å²) in [6, 6.07) is 7.87. The highest BCUT2D eigenvalue weighted by molar-refractivity contribution is 5.30. The smallest absolute Gasteiger partial charge is 0.118 e. The van der Waals surface area contributed by atoms with E-state index >= 15 is 0 Å². The molecule has 1 aliphatic carbocycles. The van der Waals surface area contributed by atoms with E-state index in [0.29, 0.717) is 0 Å². The van der Waals surface area contributed by atoms with Crippen molar-refractivity contribution in [3.63, 3.8) is 0 Å². The Labute approximate surface area is 122 Å². The van der Waals surface area contributed by atoms with Crippen LogP contribution >= 0.6 is 0 Å². The van der Waals surface area contributed by atoms with Gasteiger partial charge < -0.3 is 15.6 Å². The Kier molecular flexibility index (Phi) is 4.71. The van der Waals surface area contributed by atoms with Gasteiger partial charge in [-0.05, 0) is 41.9 Å². The number of methoxy groups -OCH3 is 1. The fourth-order valence-electron chi connectivity index (χ4n) is 3.45. The van der Waals surface area contributed by atoms with Gasteiger partial charge in [-0.25, -0.2) is 0 Å². The zero-order chi connectivity index (χ0) is 14.8. The summed E-state index contributed by atoms with van der Waals surface area (Å²) in [5.74, 6) is 1.12. The number of benzene rings is 1. The van der Waals surface area contributed by atoms with Crippen LogP contribution in [0.25, 0.3) is 0 Å². The minimum absolute atomic E-state index is 0.0776. The molecule has 3 nitrogen and oxygen atoms in total. The fourth-order valence-corrected chi connectivity index (χ4v) is 3.45. The molecule has 1 saturated carbocycles. The van der Waals surface area contributed by atoms with Crippen molar-refractivity contribution in [2.45, 2.75) is 51.7 Å². The Bertz CT molecular complexity index is 427. The van der Waals surface area contributed by atoms with Gasteiger partial charge in [0.25, 0.3) is 0 Å². The van der Waals surface area contributed by atoms with Crippen molar-refractivity contribution >= 4 is 0 Å². The van der Waals surface area contributed by atoms with Gasteiger partial charge in [-0.1, -0.05) is 38.8 Å². The molecule has 0 radical (unpaired) electrons. The number of hydrogen-bond donors (Lipinski definition) is 2. The monoisotopic (exact) mass is 277 g/mol. The Morgan fingerprint density at radius 2 is 1.80 bits per heavy atom. The summed E-state index contributed by atoms with van der Waals surface area (Å²) in [5, 5.41) is 10.3. The molecule has 112 valence electrons. The summed E-state index contributed by atoms with van der Waals surface area (Å²) in [6.45, 7) is 4.36. The lowest BCUT2D eigenvalue weighted by Crippen LogP contribution is -2.43.